The van der Waals surface area contributed by atoms with Crippen molar-refractivity contribution in [2.45, 2.75) is 24.1 Å². The third kappa shape index (κ3) is 2.27. The van der Waals surface area contributed by atoms with E-state index >= 15 is 0 Å². The van der Waals surface area contributed by atoms with E-state index in [-0.39, 0.29) is 27.8 Å². The highest BCUT2D eigenvalue weighted by Gasteiger charge is 2.31. The summed E-state index contributed by atoms with van der Waals surface area (Å²) in [6.45, 7) is 1.61. The van der Waals surface area contributed by atoms with Gasteiger partial charge in [0, 0.05) is 41.1 Å². The molecule has 25 heavy (non-hydrogen) atoms. The number of pyridine rings is 1. The molecule has 1 aromatic carbocycles. The third-order valence-electron chi connectivity index (χ3n) is 4.93. The van der Waals surface area contributed by atoms with Gasteiger partial charge in [-0.3, -0.25) is 9.59 Å². The summed E-state index contributed by atoms with van der Waals surface area (Å²) in [5.74, 6) is 0.524. The van der Waals surface area contributed by atoms with Crippen molar-refractivity contribution in [3.8, 4) is 0 Å². The molecule has 1 aliphatic carbocycles. The van der Waals surface area contributed by atoms with E-state index in [1.54, 1.807) is 17.8 Å². The number of fused-ring (bicyclic) bond motifs is 2. The lowest BCUT2D eigenvalue weighted by Crippen LogP contribution is -2.28. The lowest BCUT2D eigenvalue weighted by molar-refractivity contribution is 0.428. The van der Waals surface area contributed by atoms with Crippen molar-refractivity contribution in [1.82, 2.24) is 15.0 Å². The second-order valence-corrected chi connectivity index (χ2v) is 7.91. The predicted octanol–water partition coefficient (Wildman–Crippen LogP) is 2.29. The van der Waals surface area contributed by atoms with Crippen LogP contribution in [0.4, 0.5) is 4.39 Å². The van der Waals surface area contributed by atoms with E-state index in [9.17, 15) is 14.0 Å². The number of nitrogens with zero attached hydrogens (tertiary/aromatic N) is 1. The van der Waals surface area contributed by atoms with Crippen molar-refractivity contribution >= 4 is 33.8 Å². The molecule has 1 saturated heterocycles. The highest BCUT2D eigenvalue weighted by Crippen LogP contribution is 2.40. The minimum absolute atomic E-state index is 0.00911. The molecule has 3 heterocycles. The van der Waals surface area contributed by atoms with Crippen LogP contribution in [0.3, 0.4) is 0 Å². The van der Waals surface area contributed by atoms with E-state index in [1.165, 1.54) is 6.07 Å². The molecule has 0 spiro atoms. The Bertz CT molecular complexity index is 1110. The second-order valence-electron chi connectivity index (χ2n) is 6.60. The quantitative estimate of drug-likeness (QED) is 0.732. The van der Waals surface area contributed by atoms with Crippen molar-refractivity contribution in [3.05, 3.63) is 44.1 Å². The van der Waals surface area contributed by atoms with Gasteiger partial charge in [0.1, 0.15) is 5.82 Å². The van der Waals surface area contributed by atoms with E-state index < -0.39 is 16.8 Å². The fourth-order valence-corrected chi connectivity index (χ4v) is 4.72. The summed E-state index contributed by atoms with van der Waals surface area (Å²) in [5, 5.41) is 5.75. The van der Waals surface area contributed by atoms with Crippen LogP contribution < -0.4 is 16.3 Å². The van der Waals surface area contributed by atoms with Crippen molar-refractivity contribution in [3.63, 3.8) is 0 Å². The first-order valence-electron chi connectivity index (χ1n) is 8.36. The standard InChI is InChI=1S/C17H16FN3O3S/c18-11-5-10-12(6-9(11)13-7-19-3-4-25-13)21(8-1-2-8)17-14(15(10)22)16(23)20-24-17/h5-6,8,13,19H,1-4,7H2,(H,20,23). The summed E-state index contributed by atoms with van der Waals surface area (Å²) in [4.78, 5) is 24.7. The zero-order valence-corrected chi connectivity index (χ0v) is 14.1. The SMILES string of the molecule is O=c1[nH]oc2c1c(=O)c1cc(F)c(C3CNCCS3)cc1n2C1CC1. The lowest BCUT2D eigenvalue weighted by atomic mass is 10.1. The fraction of sp³-hybridized carbons (Fsp3) is 0.412. The van der Waals surface area contributed by atoms with Crippen LogP contribution >= 0.6 is 11.8 Å². The molecule has 2 aromatic heterocycles. The molecule has 2 aliphatic rings. The Morgan fingerprint density at radius 1 is 1.28 bits per heavy atom. The number of nitrogens with one attached hydrogen (secondary N) is 2. The van der Waals surface area contributed by atoms with Gasteiger partial charge < -0.3 is 14.4 Å². The first-order chi connectivity index (χ1) is 12.1. The van der Waals surface area contributed by atoms with Gasteiger partial charge in [-0.25, -0.2) is 4.39 Å². The molecule has 1 saturated carbocycles. The van der Waals surface area contributed by atoms with Gasteiger partial charge in [-0.1, -0.05) is 0 Å². The van der Waals surface area contributed by atoms with Gasteiger partial charge >= 0.3 is 0 Å². The maximum absolute atomic E-state index is 14.8. The molecule has 0 bridgehead atoms. The lowest BCUT2D eigenvalue weighted by Gasteiger charge is -2.24. The monoisotopic (exact) mass is 361 g/mol. The van der Waals surface area contributed by atoms with Crippen LogP contribution in [0.25, 0.3) is 22.0 Å². The molecule has 130 valence electrons. The fourth-order valence-electron chi connectivity index (χ4n) is 3.57. The molecule has 6 nitrogen and oxygen atoms in total. The van der Waals surface area contributed by atoms with Crippen LogP contribution in [0.15, 0.2) is 26.2 Å². The number of rotatable bonds is 2. The van der Waals surface area contributed by atoms with Gasteiger partial charge in [0.2, 0.25) is 11.1 Å². The maximum atomic E-state index is 14.8. The van der Waals surface area contributed by atoms with E-state index in [0.717, 1.165) is 25.1 Å². The zero-order chi connectivity index (χ0) is 17.1. The Hall–Kier alpha value is -2.06. The van der Waals surface area contributed by atoms with Crippen molar-refractivity contribution in [1.29, 1.82) is 0 Å². The average molecular weight is 361 g/mol. The van der Waals surface area contributed by atoms with Gasteiger partial charge in [-0.05, 0) is 25.0 Å². The van der Waals surface area contributed by atoms with Gasteiger partial charge in [-0.15, -0.1) is 0 Å². The topological polar surface area (TPSA) is 80.0 Å². The molecule has 2 fully saturated rings. The number of hydrogen-bond donors (Lipinski definition) is 2. The smallest absolute Gasteiger partial charge is 0.293 e. The van der Waals surface area contributed by atoms with Crippen molar-refractivity contribution in [2.75, 3.05) is 18.8 Å². The molecule has 1 unspecified atom stereocenters. The number of benzene rings is 1. The van der Waals surface area contributed by atoms with Crippen LogP contribution in [0.2, 0.25) is 0 Å². The Morgan fingerprint density at radius 2 is 2.12 bits per heavy atom. The highest BCUT2D eigenvalue weighted by atomic mass is 32.2. The van der Waals surface area contributed by atoms with E-state index in [4.69, 9.17) is 4.52 Å². The zero-order valence-electron chi connectivity index (χ0n) is 13.3. The Kier molecular flexibility index (Phi) is 3.33. The van der Waals surface area contributed by atoms with Crippen LogP contribution in [-0.4, -0.2) is 28.6 Å². The molecule has 0 radical (unpaired) electrons. The van der Waals surface area contributed by atoms with E-state index in [0.29, 0.717) is 17.6 Å². The minimum Gasteiger partial charge on any atom is -0.360 e. The molecule has 1 aliphatic heterocycles. The summed E-state index contributed by atoms with van der Waals surface area (Å²) in [7, 11) is 0. The summed E-state index contributed by atoms with van der Waals surface area (Å²) in [5.41, 5.74) is 0.461. The van der Waals surface area contributed by atoms with E-state index in [2.05, 4.69) is 10.5 Å². The number of halogens is 1. The molecule has 0 amide bonds. The Balaban J connectivity index is 1.86. The molecular weight excluding hydrogens is 345 g/mol. The van der Waals surface area contributed by atoms with Gasteiger partial charge in [-0.2, -0.15) is 16.9 Å². The largest absolute Gasteiger partial charge is 0.360 e. The molecule has 3 aromatic rings. The third-order valence-corrected chi connectivity index (χ3v) is 6.20. The summed E-state index contributed by atoms with van der Waals surface area (Å²) in [6, 6.07) is 3.23. The van der Waals surface area contributed by atoms with Crippen LogP contribution in [0, 0.1) is 5.82 Å². The predicted molar refractivity (Wildman–Crippen MR) is 94.9 cm³/mol. The van der Waals surface area contributed by atoms with Gasteiger partial charge in [0.15, 0.2) is 5.39 Å². The second kappa shape index (κ2) is 5.47. The molecule has 1 atom stereocenters. The normalized spacial score (nSPS) is 21.2. The molecule has 5 rings (SSSR count). The highest BCUT2D eigenvalue weighted by molar-refractivity contribution is 7.99. The summed E-state index contributed by atoms with van der Waals surface area (Å²) >= 11 is 1.71. The average Bonchev–Trinajstić information content (AvgIpc) is 3.38. The van der Waals surface area contributed by atoms with E-state index in [1.807, 2.05) is 4.57 Å². The molecule has 8 heteroatoms. The maximum Gasteiger partial charge on any atom is 0.293 e. The summed E-state index contributed by atoms with van der Waals surface area (Å²) < 4.78 is 21.9. The Morgan fingerprint density at radius 3 is 2.84 bits per heavy atom. The Labute approximate surface area is 145 Å². The van der Waals surface area contributed by atoms with Crippen LogP contribution in [-0.2, 0) is 0 Å². The molecular formula is C17H16FN3O3S. The first-order valence-corrected chi connectivity index (χ1v) is 9.41. The molecule has 2 N–H and O–H groups in total. The number of hydrogen-bond acceptors (Lipinski definition) is 5. The number of aromatic nitrogens is 2. The first kappa shape index (κ1) is 15.2. The van der Waals surface area contributed by atoms with Crippen molar-refractivity contribution in [2.24, 2.45) is 0 Å². The van der Waals surface area contributed by atoms with Crippen molar-refractivity contribution < 1.29 is 8.91 Å². The summed E-state index contributed by atoms with van der Waals surface area (Å²) in [6.07, 6.45) is 1.91. The number of thioether (sulfide) groups is 1. The minimum atomic E-state index is -0.562. The number of aromatic amines is 1. The van der Waals surface area contributed by atoms with Crippen LogP contribution in [0.1, 0.15) is 29.7 Å². The van der Waals surface area contributed by atoms with Gasteiger partial charge in [0.25, 0.3) is 5.56 Å². The van der Waals surface area contributed by atoms with Crippen LogP contribution in [0.5, 0.6) is 0 Å². The number of H-pyrrole nitrogens is 1. The van der Waals surface area contributed by atoms with Gasteiger partial charge in [0.05, 0.1) is 5.52 Å².